The van der Waals surface area contributed by atoms with Crippen molar-refractivity contribution in [3.63, 3.8) is 0 Å². The molecule has 2 aliphatic rings. The standard InChI is InChI=1S/C20H18ClN3O5S/c21-16-9-8-15(30-16)19(27)24-11-14(29-20(24)28)18(26)22-12-4-6-13(7-5-12)23-10-2-1-3-17(23)25/h4-9,14H,1-3,10-11H2,(H,22,26). The second-order valence-electron chi connectivity index (χ2n) is 6.93. The number of nitrogens with one attached hydrogen (secondary N) is 1. The van der Waals surface area contributed by atoms with Gasteiger partial charge in [0.15, 0.2) is 6.10 Å². The summed E-state index contributed by atoms with van der Waals surface area (Å²) in [7, 11) is 0. The first-order chi connectivity index (χ1) is 14.4. The molecule has 1 aromatic heterocycles. The monoisotopic (exact) mass is 447 g/mol. The molecule has 1 aromatic carbocycles. The molecular weight excluding hydrogens is 430 g/mol. The van der Waals surface area contributed by atoms with Crippen molar-refractivity contribution in [2.75, 3.05) is 23.3 Å². The Labute approximate surface area is 181 Å². The molecule has 0 radical (unpaired) electrons. The highest BCUT2D eigenvalue weighted by Gasteiger charge is 2.40. The van der Waals surface area contributed by atoms with E-state index in [2.05, 4.69) is 5.32 Å². The van der Waals surface area contributed by atoms with E-state index in [1.165, 1.54) is 6.07 Å². The van der Waals surface area contributed by atoms with Gasteiger partial charge in [0.1, 0.15) is 0 Å². The van der Waals surface area contributed by atoms with Crippen LogP contribution >= 0.6 is 22.9 Å². The van der Waals surface area contributed by atoms with E-state index >= 15 is 0 Å². The number of carbonyl (C=O) groups is 4. The smallest absolute Gasteiger partial charge is 0.417 e. The van der Waals surface area contributed by atoms with Crippen LogP contribution in [0.15, 0.2) is 36.4 Å². The molecule has 0 aliphatic carbocycles. The summed E-state index contributed by atoms with van der Waals surface area (Å²) in [4.78, 5) is 51.9. The van der Waals surface area contributed by atoms with Crippen molar-refractivity contribution in [3.8, 4) is 0 Å². The number of cyclic esters (lactones) is 1. The van der Waals surface area contributed by atoms with Crippen LogP contribution in [-0.2, 0) is 14.3 Å². The summed E-state index contributed by atoms with van der Waals surface area (Å²) < 4.78 is 5.49. The maximum Gasteiger partial charge on any atom is 0.417 e. The van der Waals surface area contributed by atoms with Gasteiger partial charge in [-0.3, -0.25) is 14.4 Å². The molecular formula is C20H18ClN3O5S. The summed E-state index contributed by atoms with van der Waals surface area (Å²) in [6.07, 6.45) is 0.425. The van der Waals surface area contributed by atoms with Crippen LogP contribution in [0.3, 0.4) is 0 Å². The Bertz CT molecular complexity index is 1010. The number of halogens is 1. The zero-order chi connectivity index (χ0) is 21.3. The summed E-state index contributed by atoms with van der Waals surface area (Å²) >= 11 is 6.88. The van der Waals surface area contributed by atoms with Crippen LogP contribution in [0.2, 0.25) is 4.34 Å². The number of nitrogens with zero attached hydrogens (tertiary/aromatic N) is 2. The number of ether oxygens (including phenoxy) is 1. The van der Waals surface area contributed by atoms with Crippen LogP contribution in [0.1, 0.15) is 28.9 Å². The van der Waals surface area contributed by atoms with E-state index in [4.69, 9.17) is 16.3 Å². The normalized spacial score (nSPS) is 19.0. The zero-order valence-corrected chi connectivity index (χ0v) is 17.4. The molecule has 1 N–H and O–H groups in total. The number of imide groups is 1. The van der Waals surface area contributed by atoms with Gasteiger partial charge in [-0.25, -0.2) is 9.69 Å². The van der Waals surface area contributed by atoms with Crippen molar-refractivity contribution in [3.05, 3.63) is 45.6 Å². The topological polar surface area (TPSA) is 96.0 Å². The Kier molecular flexibility index (Phi) is 5.74. The van der Waals surface area contributed by atoms with E-state index < -0.39 is 24.0 Å². The van der Waals surface area contributed by atoms with Crippen molar-refractivity contribution >= 4 is 58.1 Å². The summed E-state index contributed by atoms with van der Waals surface area (Å²) in [5.74, 6) is -1.000. The number of hydrogen-bond donors (Lipinski definition) is 1. The predicted octanol–water partition coefficient (Wildman–Crippen LogP) is 3.52. The van der Waals surface area contributed by atoms with Crippen LogP contribution in [0, 0.1) is 0 Å². The van der Waals surface area contributed by atoms with Crippen molar-refractivity contribution in [1.82, 2.24) is 4.90 Å². The number of anilines is 2. The third-order valence-electron chi connectivity index (χ3n) is 4.90. The van der Waals surface area contributed by atoms with Gasteiger partial charge in [-0.1, -0.05) is 11.6 Å². The predicted molar refractivity (Wildman–Crippen MR) is 112 cm³/mol. The molecule has 2 fully saturated rings. The minimum atomic E-state index is -1.11. The van der Waals surface area contributed by atoms with Crippen LogP contribution < -0.4 is 10.2 Å². The van der Waals surface area contributed by atoms with E-state index in [0.717, 1.165) is 34.8 Å². The lowest BCUT2D eigenvalue weighted by Gasteiger charge is -2.26. The Morgan fingerprint density at radius 1 is 1.10 bits per heavy atom. The first-order valence-electron chi connectivity index (χ1n) is 9.41. The average Bonchev–Trinajstić information content (AvgIpc) is 3.34. The third-order valence-corrected chi connectivity index (χ3v) is 6.12. The maximum atomic E-state index is 12.5. The van der Waals surface area contributed by atoms with E-state index in [1.807, 2.05) is 0 Å². The molecule has 156 valence electrons. The van der Waals surface area contributed by atoms with E-state index in [9.17, 15) is 19.2 Å². The molecule has 3 heterocycles. The number of thiophene rings is 1. The number of rotatable bonds is 4. The van der Waals surface area contributed by atoms with Gasteiger partial charge in [0.05, 0.1) is 15.8 Å². The van der Waals surface area contributed by atoms with Gasteiger partial charge in [0.2, 0.25) is 5.91 Å². The van der Waals surface area contributed by atoms with Gasteiger partial charge in [-0.05, 0) is 49.2 Å². The first kappa shape index (κ1) is 20.4. The fourth-order valence-corrected chi connectivity index (χ4v) is 4.35. The van der Waals surface area contributed by atoms with Gasteiger partial charge in [-0.15, -0.1) is 11.3 Å². The molecule has 10 heteroatoms. The van der Waals surface area contributed by atoms with E-state index in [-0.39, 0.29) is 12.5 Å². The first-order valence-corrected chi connectivity index (χ1v) is 10.6. The minimum absolute atomic E-state index is 0.0905. The van der Waals surface area contributed by atoms with Crippen LogP contribution in [0.4, 0.5) is 16.2 Å². The highest BCUT2D eigenvalue weighted by molar-refractivity contribution is 7.18. The molecule has 0 spiro atoms. The Morgan fingerprint density at radius 3 is 2.53 bits per heavy atom. The number of carbonyl (C=O) groups excluding carboxylic acids is 4. The highest BCUT2D eigenvalue weighted by Crippen LogP contribution is 2.26. The molecule has 4 rings (SSSR count). The minimum Gasteiger partial charge on any atom is -0.434 e. The lowest BCUT2D eigenvalue weighted by atomic mass is 10.1. The highest BCUT2D eigenvalue weighted by atomic mass is 35.5. The van der Waals surface area contributed by atoms with Gasteiger partial charge in [0, 0.05) is 24.3 Å². The molecule has 1 atom stereocenters. The van der Waals surface area contributed by atoms with Crippen LogP contribution in [0.25, 0.3) is 0 Å². The van der Waals surface area contributed by atoms with Crippen LogP contribution in [-0.4, -0.2) is 47.9 Å². The number of hydrogen-bond acceptors (Lipinski definition) is 6. The van der Waals surface area contributed by atoms with Crippen molar-refractivity contribution in [2.24, 2.45) is 0 Å². The van der Waals surface area contributed by atoms with Gasteiger partial charge < -0.3 is 15.0 Å². The molecule has 2 aromatic rings. The summed E-state index contributed by atoms with van der Waals surface area (Å²) in [5, 5.41) is 2.67. The summed E-state index contributed by atoms with van der Waals surface area (Å²) in [6, 6.07) is 9.97. The van der Waals surface area contributed by atoms with Gasteiger partial charge in [0.25, 0.3) is 11.8 Å². The van der Waals surface area contributed by atoms with E-state index in [0.29, 0.717) is 27.9 Å². The molecule has 8 nitrogen and oxygen atoms in total. The summed E-state index contributed by atoms with van der Waals surface area (Å²) in [5.41, 5.74) is 1.27. The van der Waals surface area contributed by atoms with Crippen molar-refractivity contribution < 1.29 is 23.9 Å². The number of benzene rings is 1. The van der Waals surface area contributed by atoms with Gasteiger partial charge >= 0.3 is 6.09 Å². The molecule has 2 saturated heterocycles. The number of piperidine rings is 1. The summed E-state index contributed by atoms with van der Waals surface area (Å²) in [6.45, 7) is 0.501. The molecule has 2 aliphatic heterocycles. The van der Waals surface area contributed by atoms with Crippen molar-refractivity contribution in [1.29, 1.82) is 0 Å². The Hall–Kier alpha value is -2.91. The zero-order valence-electron chi connectivity index (χ0n) is 15.8. The van der Waals surface area contributed by atoms with Gasteiger partial charge in [-0.2, -0.15) is 0 Å². The molecule has 1 unspecified atom stereocenters. The second-order valence-corrected chi connectivity index (χ2v) is 8.65. The second kappa shape index (κ2) is 8.45. The lowest BCUT2D eigenvalue weighted by molar-refractivity contribution is -0.122. The maximum absolute atomic E-state index is 12.5. The fraction of sp³-hybridized carbons (Fsp3) is 0.300. The van der Waals surface area contributed by atoms with Crippen LogP contribution in [0.5, 0.6) is 0 Å². The molecule has 0 saturated carbocycles. The largest absolute Gasteiger partial charge is 0.434 e. The average molecular weight is 448 g/mol. The number of amides is 4. The fourth-order valence-electron chi connectivity index (χ4n) is 3.35. The quantitative estimate of drug-likeness (QED) is 0.773. The Morgan fingerprint density at radius 2 is 1.87 bits per heavy atom. The third kappa shape index (κ3) is 4.17. The van der Waals surface area contributed by atoms with Crippen molar-refractivity contribution in [2.45, 2.75) is 25.4 Å². The molecule has 30 heavy (non-hydrogen) atoms. The SMILES string of the molecule is O=C(Nc1ccc(N2CCCCC2=O)cc1)C1CN(C(=O)c2ccc(Cl)s2)C(=O)O1. The Balaban J connectivity index is 1.37. The lowest BCUT2D eigenvalue weighted by Crippen LogP contribution is -2.35. The van der Waals surface area contributed by atoms with E-state index in [1.54, 1.807) is 35.2 Å². The molecule has 0 bridgehead atoms. The molecule has 4 amide bonds.